The lowest BCUT2D eigenvalue weighted by Crippen LogP contribution is -1.95. The van der Waals surface area contributed by atoms with E-state index in [-0.39, 0.29) is 12.3 Å². The van der Waals surface area contributed by atoms with Gasteiger partial charge in [-0.25, -0.2) is 0 Å². The number of non-ortho nitro benzene ring substituents is 1. The van der Waals surface area contributed by atoms with Gasteiger partial charge >= 0.3 is 0 Å². The van der Waals surface area contributed by atoms with Crippen LogP contribution in [0.1, 0.15) is 11.1 Å². The zero-order valence-electron chi connectivity index (χ0n) is 12.4. The van der Waals surface area contributed by atoms with E-state index in [1.807, 2.05) is 12.1 Å². The van der Waals surface area contributed by atoms with Crippen molar-refractivity contribution in [1.29, 1.82) is 5.26 Å². The summed E-state index contributed by atoms with van der Waals surface area (Å²) < 4.78 is 6.27. The minimum absolute atomic E-state index is 0.0133. The number of halogens is 1. The molecule has 2 aromatic carbocycles. The Kier molecular flexibility index (Phi) is 5.94. The summed E-state index contributed by atoms with van der Waals surface area (Å²) in [5, 5.41) is 20.0. The Balaban J connectivity index is 2.30. The predicted molar refractivity (Wildman–Crippen MR) is 100 cm³/mol. The van der Waals surface area contributed by atoms with Crippen LogP contribution in [0.4, 0.5) is 5.69 Å². The van der Waals surface area contributed by atoms with Crippen LogP contribution >= 0.6 is 22.6 Å². The number of nitriles is 1. The summed E-state index contributed by atoms with van der Waals surface area (Å²) in [6.45, 7) is 0.192. The van der Waals surface area contributed by atoms with Crippen LogP contribution in [0.3, 0.4) is 0 Å². The second kappa shape index (κ2) is 8.14. The smallest absolute Gasteiger partial charge is 0.269 e. The molecule has 0 radical (unpaired) electrons. The highest BCUT2D eigenvalue weighted by molar-refractivity contribution is 14.1. The number of rotatable bonds is 5. The predicted octanol–water partition coefficient (Wildman–Crippen LogP) is 4.28. The molecule has 0 aromatic heterocycles. The average Bonchev–Trinajstić information content (AvgIpc) is 2.59. The van der Waals surface area contributed by atoms with Crippen LogP contribution in [0.5, 0.6) is 5.75 Å². The number of nitro benzene ring substituents is 1. The molecule has 0 atom stereocenters. The molecule has 0 amide bonds. The first-order valence-corrected chi connectivity index (χ1v) is 7.85. The van der Waals surface area contributed by atoms with Gasteiger partial charge in [-0.05, 0) is 64.1 Å². The number of hydrogen-bond acceptors (Lipinski definition) is 4. The first-order chi connectivity index (χ1) is 11.5. The summed E-state index contributed by atoms with van der Waals surface area (Å²) in [5.74, 6) is 3.08. The Labute approximate surface area is 152 Å². The quantitative estimate of drug-likeness (QED) is 0.177. The van der Waals surface area contributed by atoms with Gasteiger partial charge in [0.05, 0.1) is 20.1 Å². The lowest BCUT2D eigenvalue weighted by atomic mass is 10.0. The fraction of sp³-hybridized carbons (Fsp3) is 0.0556. The lowest BCUT2D eigenvalue weighted by molar-refractivity contribution is -0.384. The van der Waals surface area contributed by atoms with Crippen molar-refractivity contribution in [2.24, 2.45) is 0 Å². The highest BCUT2D eigenvalue weighted by atomic mass is 127. The molecule has 5 nitrogen and oxygen atoms in total. The molecule has 0 bridgehead atoms. The Morgan fingerprint density at radius 2 is 2.04 bits per heavy atom. The largest absolute Gasteiger partial charge is 0.480 e. The number of benzene rings is 2. The molecule has 0 spiro atoms. The van der Waals surface area contributed by atoms with Gasteiger partial charge < -0.3 is 4.74 Å². The SMILES string of the molecule is C#CCOc1ccc(/C=C(/C#N)c2ccc([N+](=O)[O-])cc2)cc1I. The molecular weight excluding hydrogens is 419 g/mol. The second-order valence-corrected chi connectivity index (χ2v) is 5.82. The van der Waals surface area contributed by atoms with Crippen LogP contribution in [0, 0.1) is 37.4 Å². The third-order valence-corrected chi connectivity index (χ3v) is 3.93. The minimum Gasteiger partial charge on any atom is -0.480 e. The third kappa shape index (κ3) is 4.34. The van der Waals surface area contributed by atoms with Crippen molar-refractivity contribution >= 4 is 39.9 Å². The van der Waals surface area contributed by atoms with E-state index in [1.165, 1.54) is 12.1 Å². The zero-order chi connectivity index (χ0) is 17.5. The summed E-state index contributed by atoms with van der Waals surface area (Å²) in [4.78, 5) is 10.2. The molecule has 2 aromatic rings. The van der Waals surface area contributed by atoms with Crippen molar-refractivity contribution < 1.29 is 9.66 Å². The topological polar surface area (TPSA) is 76.2 Å². The van der Waals surface area contributed by atoms with E-state index in [0.29, 0.717) is 16.9 Å². The highest BCUT2D eigenvalue weighted by Crippen LogP contribution is 2.25. The van der Waals surface area contributed by atoms with E-state index >= 15 is 0 Å². The minimum atomic E-state index is -0.475. The Morgan fingerprint density at radius 1 is 1.33 bits per heavy atom. The first-order valence-electron chi connectivity index (χ1n) is 6.77. The van der Waals surface area contributed by atoms with Gasteiger partial charge in [0.1, 0.15) is 12.4 Å². The van der Waals surface area contributed by atoms with Crippen molar-refractivity contribution in [1.82, 2.24) is 0 Å². The fourth-order valence-corrected chi connectivity index (χ4v) is 2.65. The molecule has 2 rings (SSSR count). The van der Waals surface area contributed by atoms with Gasteiger partial charge in [-0.15, -0.1) is 6.42 Å². The molecule has 0 heterocycles. The number of hydrogen-bond donors (Lipinski definition) is 0. The van der Waals surface area contributed by atoms with Gasteiger partial charge in [0, 0.05) is 12.1 Å². The molecule has 0 unspecified atom stereocenters. The van der Waals surface area contributed by atoms with Crippen LogP contribution in [0.15, 0.2) is 42.5 Å². The van der Waals surface area contributed by atoms with Gasteiger partial charge in [0.15, 0.2) is 0 Å². The first kappa shape index (κ1) is 17.5. The summed E-state index contributed by atoms with van der Waals surface area (Å²) in [6.07, 6.45) is 6.89. The maximum atomic E-state index is 10.7. The highest BCUT2D eigenvalue weighted by Gasteiger charge is 2.08. The normalized spacial score (nSPS) is 10.5. The molecule has 0 saturated carbocycles. The molecular formula is C18H11IN2O3. The number of allylic oxidation sites excluding steroid dienone is 1. The van der Waals surface area contributed by atoms with Gasteiger partial charge in [-0.2, -0.15) is 5.26 Å². The Morgan fingerprint density at radius 3 is 2.58 bits per heavy atom. The van der Waals surface area contributed by atoms with Crippen LogP contribution < -0.4 is 4.74 Å². The molecule has 0 aliphatic rings. The zero-order valence-corrected chi connectivity index (χ0v) is 14.6. The van der Waals surface area contributed by atoms with E-state index in [1.54, 1.807) is 24.3 Å². The van der Waals surface area contributed by atoms with E-state index in [4.69, 9.17) is 11.2 Å². The van der Waals surface area contributed by atoms with E-state index in [9.17, 15) is 15.4 Å². The molecule has 0 aliphatic carbocycles. The number of nitrogens with zero attached hydrogens (tertiary/aromatic N) is 2. The number of ether oxygens (including phenoxy) is 1. The summed E-state index contributed by atoms with van der Waals surface area (Å²) in [6, 6.07) is 13.5. The number of nitro groups is 1. The van der Waals surface area contributed by atoms with Crippen LogP contribution in [-0.4, -0.2) is 11.5 Å². The van der Waals surface area contributed by atoms with Gasteiger partial charge in [0.2, 0.25) is 0 Å². The van der Waals surface area contributed by atoms with Gasteiger partial charge in [-0.3, -0.25) is 10.1 Å². The maximum Gasteiger partial charge on any atom is 0.269 e. The molecule has 6 heteroatoms. The van der Waals surface area contributed by atoms with E-state index in [2.05, 4.69) is 34.6 Å². The summed E-state index contributed by atoms with van der Waals surface area (Å²) >= 11 is 2.13. The van der Waals surface area contributed by atoms with Crippen molar-refractivity contribution in [3.05, 3.63) is 67.3 Å². The number of terminal acetylenes is 1. The van der Waals surface area contributed by atoms with Crippen molar-refractivity contribution in [2.45, 2.75) is 0 Å². The van der Waals surface area contributed by atoms with Gasteiger partial charge in [-0.1, -0.05) is 12.0 Å². The molecule has 0 saturated heterocycles. The monoisotopic (exact) mass is 430 g/mol. The molecule has 24 heavy (non-hydrogen) atoms. The average molecular weight is 430 g/mol. The van der Waals surface area contributed by atoms with Crippen LogP contribution in [-0.2, 0) is 0 Å². The van der Waals surface area contributed by atoms with Crippen LogP contribution in [0.2, 0.25) is 0 Å². The van der Waals surface area contributed by atoms with Crippen molar-refractivity contribution in [3.63, 3.8) is 0 Å². The lowest BCUT2D eigenvalue weighted by Gasteiger charge is -2.06. The van der Waals surface area contributed by atoms with Gasteiger partial charge in [0.25, 0.3) is 5.69 Å². The second-order valence-electron chi connectivity index (χ2n) is 4.66. The molecule has 0 N–H and O–H groups in total. The summed E-state index contributed by atoms with van der Waals surface area (Å²) in [7, 11) is 0. The third-order valence-electron chi connectivity index (χ3n) is 3.09. The maximum absolute atomic E-state index is 10.7. The van der Waals surface area contributed by atoms with Crippen molar-refractivity contribution in [2.75, 3.05) is 6.61 Å². The van der Waals surface area contributed by atoms with E-state index in [0.717, 1.165) is 9.13 Å². The fourth-order valence-electron chi connectivity index (χ4n) is 1.95. The Hall–Kier alpha value is -2.84. The van der Waals surface area contributed by atoms with Crippen LogP contribution in [0.25, 0.3) is 11.6 Å². The molecule has 118 valence electrons. The van der Waals surface area contributed by atoms with E-state index < -0.39 is 4.92 Å². The summed E-state index contributed by atoms with van der Waals surface area (Å²) in [5.41, 5.74) is 1.84. The molecule has 0 aliphatic heterocycles. The Bertz CT molecular complexity index is 875. The molecule has 0 fully saturated rings. The standard InChI is InChI=1S/C18H11IN2O3/c1-2-9-24-18-8-3-13(11-17(18)19)10-15(12-20)14-4-6-16(7-5-14)21(22)23/h1,3-8,10-11H,9H2/b15-10-. The van der Waals surface area contributed by atoms with Crippen molar-refractivity contribution in [3.8, 4) is 24.2 Å².